The van der Waals surface area contributed by atoms with Crippen molar-refractivity contribution in [3.63, 3.8) is 0 Å². The van der Waals surface area contributed by atoms with Gasteiger partial charge in [0, 0.05) is 25.4 Å². The highest BCUT2D eigenvalue weighted by Gasteiger charge is 2.21. The number of aryl methyl sites for hydroxylation is 1. The van der Waals surface area contributed by atoms with Crippen LogP contribution in [0.2, 0.25) is 0 Å². The van der Waals surface area contributed by atoms with E-state index in [0.717, 1.165) is 38.2 Å². The first-order chi connectivity index (χ1) is 8.72. The van der Waals surface area contributed by atoms with Gasteiger partial charge in [-0.2, -0.15) is 5.26 Å². The lowest BCUT2D eigenvalue weighted by Gasteiger charge is -2.31. The molecule has 1 aliphatic heterocycles. The highest BCUT2D eigenvalue weighted by atomic mass is 16.5. The maximum atomic E-state index is 8.92. The van der Waals surface area contributed by atoms with Crippen LogP contribution in [0.3, 0.4) is 0 Å². The van der Waals surface area contributed by atoms with Crippen molar-refractivity contribution in [3.8, 4) is 6.07 Å². The van der Waals surface area contributed by atoms with E-state index in [9.17, 15) is 0 Å². The predicted molar refractivity (Wildman–Crippen MR) is 68.3 cm³/mol. The minimum Gasteiger partial charge on any atom is -0.378 e. The molecule has 18 heavy (non-hydrogen) atoms. The SMILES string of the molecule is CCOC1CCN(c2nc(C)cc(C#N)n2)CC1. The van der Waals surface area contributed by atoms with Crippen molar-refractivity contribution in [1.29, 1.82) is 5.26 Å². The number of nitrogens with zero attached hydrogens (tertiary/aromatic N) is 4. The molecule has 1 aliphatic rings. The Bertz CT molecular complexity index is 447. The van der Waals surface area contributed by atoms with E-state index in [2.05, 4.69) is 20.9 Å². The van der Waals surface area contributed by atoms with Crippen LogP contribution in [0.15, 0.2) is 6.07 Å². The van der Waals surface area contributed by atoms with E-state index in [1.54, 1.807) is 6.07 Å². The summed E-state index contributed by atoms with van der Waals surface area (Å²) in [6, 6.07) is 3.78. The molecule has 0 amide bonds. The van der Waals surface area contributed by atoms with Gasteiger partial charge in [0.05, 0.1) is 6.10 Å². The molecule has 0 N–H and O–H groups in total. The van der Waals surface area contributed by atoms with Crippen LogP contribution in [0, 0.1) is 18.3 Å². The van der Waals surface area contributed by atoms with E-state index >= 15 is 0 Å². The van der Waals surface area contributed by atoms with Gasteiger partial charge in [0.25, 0.3) is 0 Å². The molecule has 0 aromatic carbocycles. The molecule has 0 saturated carbocycles. The van der Waals surface area contributed by atoms with E-state index in [4.69, 9.17) is 10.00 Å². The molecule has 96 valence electrons. The van der Waals surface area contributed by atoms with Crippen LogP contribution >= 0.6 is 0 Å². The fraction of sp³-hybridized carbons (Fsp3) is 0.615. The largest absolute Gasteiger partial charge is 0.378 e. The molecule has 0 unspecified atom stereocenters. The zero-order chi connectivity index (χ0) is 13.0. The predicted octanol–water partition coefficient (Wildman–Crippen LogP) is 1.66. The Morgan fingerprint density at radius 3 is 2.78 bits per heavy atom. The fourth-order valence-electron chi connectivity index (χ4n) is 2.21. The lowest BCUT2D eigenvalue weighted by molar-refractivity contribution is 0.0457. The number of hydrogen-bond acceptors (Lipinski definition) is 5. The average Bonchev–Trinajstić information content (AvgIpc) is 2.39. The summed E-state index contributed by atoms with van der Waals surface area (Å²) in [6.07, 6.45) is 2.34. The van der Waals surface area contributed by atoms with E-state index in [-0.39, 0.29) is 0 Å². The first-order valence-corrected chi connectivity index (χ1v) is 6.35. The third-order valence-corrected chi connectivity index (χ3v) is 3.08. The maximum Gasteiger partial charge on any atom is 0.226 e. The summed E-state index contributed by atoms with van der Waals surface area (Å²) in [5, 5.41) is 8.92. The zero-order valence-corrected chi connectivity index (χ0v) is 10.9. The molecule has 0 atom stereocenters. The highest BCUT2D eigenvalue weighted by Crippen LogP contribution is 2.18. The number of ether oxygens (including phenoxy) is 1. The molecular formula is C13H18N4O. The fourth-order valence-corrected chi connectivity index (χ4v) is 2.21. The summed E-state index contributed by atoms with van der Waals surface area (Å²) in [4.78, 5) is 10.8. The Kier molecular flexibility index (Phi) is 4.11. The number of aromatic nitrogens is 2. The molecule has 0 bridgehead atoms. The Hall–Kier alpha value is -1.67. The molecule has 0 aliphatic carbocycles. The van der Waals surface area contributed by atoms with Crippen LogP contribution in [0.1, 0.15) is 31.2 Å². The molecule has 2 rings (SSSR count). The molecule has 0 radical (unpaired) electrons. The van der Waals surface area contributed by atoms with Gasteiger partial charge in [-0.15, -0.1) is 0 Å². The van der Waals surface area contributed by atoms with Gasteiger partial charge >= 0.3 is 0 Å². The van der Waals surface area contributed by atoms with E-state index < -0.39 is 0 Å². The monoisotopic (exact) mass is 246 g/mol. The second kappa shape index (κ2) is 5.78. The second-order valence-electron chi connectivity index (χ2n) is 4.45. The maximum absolute atomic E-state index is 8.92. The normalized spacial score (nSPS) is 16.6. The van der Waals surface area contributed by atoms with Gasteiger partial charge in [-0.3, -0.25) is 0 Å². The molecule has 1 fully saturated rings. The molecule has 1 saturated heterocycles. The number of rotatable bonds is 3. The molecule has 5 heteroatoms. The highest BCUT2D eigenvalue weighted by molar-refractivity contribution is 5.36. The van der Waals surface area contributed by atoms with Crippen molar-refractivity contribution in [2.75, 3.05) is 24.6 Å². The third kappa shape index (κ3) is 2.96. The van der Waals surface area contributed by atoms with Crippen LogP contribution < -0.4 is 4.90 Å². The van der Waals surface area contributed by atoms with Crippen LogP contribution in [0.4, 0.5) is 5.95 Å². The molecule has 5 nitrogen and oxygen atoms in total. The number of nitriles is 1. The summed E-state index contributed by atoms with van der Waals surface area (Å²) in [5.74, 6) is 0.668. The lowest BCUT2D eigenvalue weighted by Crippen LogP contribution is -2.38. The minimum absolute atomic E-state index is 0.353. The van der Waals surface area contributed by atoms with Crippen LogP contribution in [-0.2, 0) is 4.74 Å². The number of anilines is 1. The molecule has 1 aromatic heterocycles. The third-order valence-electron chi connectivity index (χ3n) is 3.08. The van der Waals surface area contributed by atoms with Gasteiger partial charge < -0.3 is 9.64 Å². The molecular weight excluding hydrogens is 228 g/mol. The van der Waals surface area contributed by atoms with Crippen LogP contribution in [0.25, 0.3) is 0 Å². The molecule has 1 aromatic rings. The average molecular weight is 246 g/mol. The summed E-state index contributed by atoms with van der Waals surface area (Å²) >= 11 is 0. The second-order valence-corrected chi connectivity index (χ2v) is 4.45. The zero-order valence-electron chi connectivity index (χ0n) is 10.9. The van der Waals surface area contributed by atoms with E-state index in [1.807, 2.05) is 13.8 Å². The Morgan fingerprint density at radius 1 is 1.44 bits per heavy atom. The van der Waals surface area contributed by atoms with Crippen molar-refractivity contribution in [2.45, 2.75) is 32.8 Å². The van der Waals surface area contributed by atoms with Gasteiger partial charge in [-0.25, -0.2) is 9.97 Å². The van der Waals surface area contributed by atoms with Crippen LogP contribution in [-0.4, -0.2) is 35.8 Å². The van der Waals surface area contributed by atoms with Crippen molar-refractivity contribution in [3.05, 3.63) is 17.5 Å². The van der Waals surface area contributed by atoms with Gasteiger partial charge in [0.2, 0.25) is 5.95 Å². The van der Waals surface area contributed by atoms with Gasteiger partial charge in [0.15, 0.2) is 0 Å². The topological polar surface area (TPSA) is 62.0 Å². The Morgan fingerprint density at radius 2 is 2.17 bits per heavy atom. The number of hydrogen-bond donors (Lipinski definition) is 0. The summed E-state index contributed by atoms with van der Waals surface area (Å²) < 4.78 is 5.62. The lowest BCUT2D eigenvalue weighted by atomic mass is 10.1. The summed E-state index contributed by atoms with van der Waals surface area (Å²) in [5.41, 5.74) is 1.27. The van der Waals surface area contributed by atoms with Crippen LogP contribution in [0.5, 0.6) is 0 Å². The Labute approximate surface area is 107 Å². The van der Waals surface area contributed by atoms with Gasteiger partial charge in [-0.05, 0) is 32.8 Å². The van der Waals surface area contributed by atoms with E-state index in [1.165, 1.54) is 0 Å². The first-order valence-electron chi connectivity index (χ1n) is 6.35. The van der Waals surface area contributed by atoms with Crippen molar-refractivity contribution in [2.24, 2.45) is 0 Å². The minimum atomic E-state index is 0.353. The molecule has 2 heterocycles. The van der Waals surface area contributed by atoms with E-state index in [0.29, 0.717) is 17.7 Å². The standard InChI is InChI=1S/C13H18N4O/c1-3-18-12-4-6-17(7-5-12)13-15-10(2)8-11(9-14)16-13/h8,12H,3-7H2,1-2H3. The van der Waals surface area contributed by atoms with Crippen molar-refractivity contribution < 1.29 is 4.74 Å². The summed E-state index contributed by atoms with van der Waals surface area (Å²) in [7, 11) is 0. The number of piperidine rings is 1. The van der Waals surface area contributed by atoms with Gasteiger partial charge in [-0.1, -0.05) is 0 Å². The quantitative estimate of drug-likeness (QED) is 0.811. The summed E-state index contributed by atoms with van der Waals surface area (Å²) in [6.45, 7) is 6.45. The van der Waals surface area contributed by atoms with Gasteiger partial charge in [0.1, 0.15) is 11.8 Å². The smallest absolute Gasteiger partial charge is 0.226 e. The first kappa shape index (κ1) is 12.8. The van der Waals surface area contributed by atoms with Crippen molar-refractivity contribution in [1.82, 2.24) is 9.97 Å². The Balaban J connectivity index is 2.05. The van der Waals surface area contributed by atoms with Crippen molar-refractivity contribution >= 4 is 5.95 Å². The molecule has 0 spiro atoms.